The van der Waals surface area contributed by atoms with Crippen LogP contribution in [0.4, 0.5) is 0 Å². The molecule has 6 heteroatoms. The van der Waals surface area contributed by atoms with Crippen LogP contribution in [-0.2, 0) is 23.8 Å². The van der Waals surface area contributed by atoms with Crippen LogP contribution in [0.5, 0.6) is 0 Å². The average Bonchev–Trinajstić information content (AvgIpc) is 3.45. The lowest BCUT2D eigenvalue weighted by Crippen LogP contribution is -2.28. The number of rotatable bonds is 18. The van der Waals surface area contributed by atoms with E-state index in [0.717, 1.165) is 38.5 Å². The number of aliphatic hydroxyl groups is 1. The van der Waals surface area contributed by atoms with Crippen molar-refractivity contribution in [2.75, 3.05) is 13.2 Å². The predicted octanol–water partition coefficient (Wildman–Crippen LogP) is 4.48. The highest BCUT2D eigenvalue weighted by Gasteiger charge is 2.36. The molecule has 3 atom stereocenters. The highest BCUT2D eigenvalue weighted by Crippen LogP contribution is 2.30. The maximum absolute atomic E-state index is 11.7. The maximum Gasteiger partial charge on any atom is 0.306 e. The number of allylic oxidation sites excluding steroid dienone is 1. The highest BCUT2D eigenvalue weighted by molar-refractivity contribution is 5.69. The largest absolute Gasteiger partial charge is 0.462 e. The minimum atomic E-state index is -0.774. The second-order valence-corrected chi connectivity index (χ2v) is 7.82. The molecule has 0 saturated carbocycles. The molecule has 0 aromatic rings. The fourth-order valence-corrected chi connectivity index (χ4v) is 3.23. The van der Waals surface area contributed by atoms with Gasteiger partial charge < -0.3 is 19.3 Å². The number of carbonyl (C=O) groups is 2. The number of carbonyl (C=O) groups excluding carboxylic acids is 2. The van der Waals surface area contributed by atoms with Gasteiger partial charge in [-0.3, -0.25) is 9.59 Å². The molecule has 0 aromatic heterocycles. The first-order valence-corrected chi connectivity index (χ1v) is 11.3. The molecule has 1 aliphatic rings. The molecular weight excluding hydrogens is 372 g/mol. The first-order valence-electron chi connectivity index (χ1n) is 11.3. The summed E-state index contributed by atoms with van der Waals surface area (Å²) in [5, 5.41) is 9.13. The van der Waals surface area contributed by atoms with Gasteiger partial charge in [-0.15, -0.1) is 0 Å². The lowest BCUT2D eigenvalue weighted by atomic mass is 10.1. The Labute approximate surface area is 176 Å². The van der Waals surface area contributed by atoms with Gasteiger partial charge in [-0.25, -0.2) is 0 Å². The lowest BCUT2D eigenvalue weighted by Gasteiger charge is -2.15. The Kier molecular flexibility index (Phi) is 14.5. The number of esters is 2. The van der Waals surface area contributed by atoms with Gasteiger partial charge in [-0.2, -0.15) is 0 Å². The summed E-state index contributed by atoms with van der Waals surface area (Å²) < 4.78 is 15.6. The first-order chi connectivity index (χ1) is 14.1. The van der Waals surface area contributed by atoms with Crippen LogP contribution in [0.15, 0.2) is 12.2 Å². The molecule has 1 N–H and O–H groups in total. The molecule has 0 spiro atoms. The summed E-state index contributed by atoms with van der Waals surface area (Å²) in [6, 6.07) is 0. The van der Waals surface area contributed by atoms with Crippen molar-refractivity contribution in [3.05, 3.63) is 12.2 Å². The van der Waals surface area contributed by atoms with Crippen molar-refractivity contribution in [1.82, 2.24) is 0 Å². The summed E-state index contributed by atoms with van der Waals surface area (Å²) >= 11 is 0. The number of ether oxygens (including phenoxy) is 3. The molecule has 29 heavy (non-hydrogen) atoms. The standard InChI is InChI=1S/C23H40O6/c1-3-4-5-6-8-11-14-21-22(29-21)15-12-9-7-10-13-16-23(26)28-20(17-24)18-27-19(2)25/h8,11,20-22,24H,3-7,9-10,12-18H2,1-2H3/b11-8-/t20-,21?,22?/m0/s1. The Morgan fingerprint density at radius 1 is 1.03 bits per heavy atom. The summed E-state index contributed by atoms with van der Waals surface area (Å²) in [7, 11) is 0. The van der Waals surface area contributed by atoms with Crippen LogP contribution in [0.1, 0.15) is 90.9 Å². The molecule has 2 unspecified atom stereocenters. The van der Waals surface area contributed by atoms with Gasteiger partial charge in [-0.1, -0.05) is 57.6 Å². The van der Waals surface area contributed by atoms with Crippen LogP contribution < -0.4 is 0 Å². The zero-order valence-corrected chi connectivity index (χ0v) is 18.3. The van der Waals surface area contributed by atoms with Gasteiger partial charge in [-0.05, 0) is 32.1 Å². The molecular formula is C23H40O6. The summed E-state index contributed by atoms with van der Waals surface area (Å²) in [6.07, 6.45) is 17.4. The van der Waals surface area contributed by atoms with Crippen molar-refractivity contribution < 1.29 is 28.9 Å². The normalized spacial score (nSPS) is 19.3. The zero-order chi connectivity index (χ0) is 21.3. The SMILES string of the molecule is CCCCC/C=C\CC1OC1CCCCCCCC(=O)O[C@@H](CO)COC(C)=O. The van der Waals surface area contributed by atoms with E-state index in [9.17, 15) is 9.59 Å². The van der Waals surface area contributed by atoms with E-state index in [0.29, 0.717) is 18.6 Å². The van der Waals surface area contributed by atoms with E-state index >= 15 is 0 Å². The van der Waals surface area contributed by atoms with E-state index in [4.69, 9.17) is 19.3 Å². The van der Waals surface area contributed by atoms with Crippen LogP contribution >= 0.6 is 0 Å². The second kappa shape index (κ2) is 16.4. The van der Waals surface area contributed by atoms with Gasteiger partial charge in [0.15, 0.2) is 6.10 Å². The smallest absolute Gasteiger partial charge is 0.306 e. The van der Waals surface area contributed by atoms with Gasteiger partial charge >= 0.3 is 11.9 Å². The summed E-state index contributed by atoms with van der Waals surface area (Å²) in [5.41, 5.74) is 0. The van der Waals surface area contributed by atoms with Crippen molar-refractivity contribution in [3.63, 3.8) is 0 Å². The molecule has 1 aliphatic heterocycles. The highest BCUT2D eigenvalue weighted by atomic mass is 16.6. The summed E-state index contributed by atoms with van der Waals surface area (Å²) in [6.45, 7) is 3.05. The van der Waals surface area contributed by atoms with Crippen molar-refractivity contribution in [2.45, 2.75) is 109 Å². The Bertz CT molecular complexity index is 476. The number of aliphatic hydroxyl groups excluding tert-OH is 1. The van der Waals surface area contributed by atoms with E-state index in [2.05, 4.69) is 19.1 Å². The van der Waals surface area contributed by atoms with Crippen molar-refractivity contribution in [3.8, 4) is 0 Å². The minimum absolute atomic E-state index is 0.101. The van der Waals surface area contributed by atoms with Gasteiger partial charge in [0.2, 0.25) is 0 Å². The van der Waals surface area contributed by atoms with Crippen LogP contribution in [0.2, 0.25) is 0 Å². The second-order valence-electron chi connectivity index (χ2n) is 7.82. The molecule has 0 aromatic carbocycles. The van der Waals surface area contributed by atoms with Crippen molar-refractivity contribution in [1.29, 1.82) is 0 Å². The van der Waals surface area contributed by atoms with E-state index in [1.165, 1.54) is 39.0 Å². The molecule has 1 fully saturated rings. The van der Waals surface area contributed by atoms with Crippen LogP contribution in [0.3, 0.4) is 0 Å². The van der Waals surface area contributed by atoms with Crippen LogP contribution in [0, 0.1) is 0 Å². The predicted molar refractivity (Wildman–Crippen MR) is 112 cm³/mol. The average molecular weight is 413 g/mol. The van der Waals surface area contributed by atoms with E-state index in [1.807, 2.05) is 0 Å². The topological polar surface area (TPSA) is 85.4 Å². The number of unbranched alkanes of at least 4 members (excludes halogenated alkanes) is 7. The molecule has 1 rings (SSSR count). The van der Waals surface area contributed by atoms with Crippen LogP contribution in [-0.4, -0.2) is 48.6 Å². The zero-order valence-electron chi connectivity index (χ0n) is 18.3. The van der Waals surface area contributed by atoms with Crippen molar-refractivity contribution >= 4 is 11.9 Å². The molecule has 0 radical (unpaired) electrons. The van der Waals surface area contributed by atoms with E-state index in [1.54, 1.807) is 0 Å². The van der Waals surface area contributed by atoms with Gasteiger partial charge in [0.25, 0.3) is 0 Å². The fourth-order valence-electron chi connectivity index (χ4n) is 3.23. The molecule has 0 bridgehead atoms. The number of hydrogen-bond donors (Lipinski definition) is 1. The molecule has 0 aliphatic carbocycles. The number of hydrogen-bond acceptors (Lipinski definition) is 6. The maximum atomic E-state index is 11.7. The Balaban J connectivity index is 1.91. The Hall–Kier alpha value is -1.40. The third-order valence-corrected chi connectivity index (χ3v) is 5.04. The van der Waals surface area contributed by atoms with Gasteiger partial charge in [0, 0.05) is 13.3 Å². The Morgan fingerprint density at radius 3 is 2.52 bits per heavy atom. The Morgan fingerprint density at radius 2 is 1.79 bits per heavy atom. The number of epoxide rings is 1. The molecule has 168 valence electrons. The first kappa shape index (κ1) is 25.6. The molecule has 0 amide bonds. The third kappa shape index (κ3) is 14.3. The third-order valence-electron chi connectivity index (χ3n) is 5.04. The van der Waals surface area contributed by atoms with Gasteiger partial charge in [0.05, 0.1) is 18.8 Å². The summed E-state index contributed by atoms with van der Waals surface area (Å²) in [4.78, 5) is 22.5. The molecule has 1 heterocycles. The van der Waals surface area contributed by atoms with E-state index < -0.39 is 12.1 Å². The minimum Gasteiger partial charge on any atom is -0.462 e. The monoisotopic (exact) mass is 412 g/mol. The van der Waals surface area contributed by atoms with Gasteiger partial charge in [0.1, 0.15) is 6.61 Å². The summed E-state index contributed by atoms with van der Waals surface area (Å²) in [5.74, 6) is -0.811. The molecule has 6 nitrogen and oxygen atoms in total. The van der Waals surface area contributed by atoms with Crippen molar-refractivity contribution in [2.24, 2.45) is 0 Å². The molecule has 1 saturated heterocycles. The lowest BCUT2D eigenvalue weighted by molar-refractivity contribution is -0.160. The quantitative estimate of drug-likeness (QED) is 0.155. The van der Waals surface area contributed by atoms with E-state index in [-0.39, 0.29) is 19.2 Å². The van der Waals surface area contributed by atoms with Crippen LogP contribution in [0.25, 0.3) is 0 Å². The fraction of sp³-hybridized carbons (Fsp3) is 0.826.